The van der Waals surface area contributed by atoms with E-state index in [1.807, 2.05) is 6.20 Å². The summed E-state index contributed by atoms with van der Waals surface area (Å²) in [5, 5.41) is 1.30. The number of aromatic amines is 1. The van der Waals surface area contributed by atoms with E-state index in [0.717, 1.165) is 13.0 Å². The lowest BCUT2D eigenvalue weighted by Crippen LogP contribution is -2.24. The van der Waals surface area contributed by atoms with Crippen LogP contribution in [0.1, 0.15) is 12.0 Å². The minimum Gasteiger partial charge on any atom is -0.361 e. The second kappa shape index (κ2) is 3.80. The summed E-state index contributed by atoms with van der Waals surface area (Å²) in [6.45, 7) is 2.22. The summed E-state index contributed by atoms with van der Waals surface area (Å²) in [4.78, 5) is 5.71. The molecule has 2 heteroatoms. The lowest BCUT2D eigenvalue weighted by Gasteiger charge is -2.23. The molecule has 0 atom stereocenters. The Bertz CT molecular complexity index is 536. The van der Waals surface area contributed by atoms with Crippen LogP contribution in [0.25, 0.3) is 16.5 Å². The zero-order chi connectivity index (χ0) is 11.0. The van der Waals surface area contributed by atoms with E-state index >= 15 is 0 Å². The van der Waals surface area contributed by atoms with Crippen molar-refractivity contribution >= 4 is 16.5 Å². The van der Waals surface area contributed by atoms with Gasteiger partial charge in [0.2, 0.25) is 0 Å². The second-order valence-electron chi connectivity index (χ2n) is 4.50. The molecule has 0 radical (unpaired) electrons. The van der Waals surface area contributed by atoms with E-state index in [4.69, 9.17) is 0 Å². The highest BCUT2D eigenvalue weighted by Gasteiger charge is 2.12. The maximum absolute atomic E-state index is 3.34. The normalized spacial score (nSPS) is 17.7. The van der Waals surface area contributed by atoms with Crippen molar-refractivity contribution in [3.63, 3.8) is 0 Å². The third-order valence-electron chi connectivity index (χ3n) is 3.28. The van der Waals surface area contributed by atoms with Crippen LogP contribution in [0.15, 0.2) is 36.5 Å². The molecule has 0 fully saturated rings. The third-order valence-corrected chi connectivity index (χ3v) is 3.28. The summed E-state index contributed by atoms with van der Waals surface area (Å²) in [6.07, 6.45) is 5.54. The van der Waals surface area contributed by atoms with Crippen LogP contribution in [0.2, 0.25) is 0 Å². The summed E-state index contributed by atoms with van der Waals surface area (Å²) in [7, 11) is 2.18. The van der Waals surface area contributed by atoms with Crippen molar-refractivity contribution in [3.05, 3.63) is 42.1 Å². The molecule has 2 nitrogen and oxygen atoms in total. The number of hydrogen-bond donors (Lipinski definition) is 1. The number of likely N-dealkylation sites (N-methyl/N-ethyl adjacent to an activating group) is 1. The number of aromatic nitrogens is 1. The summed E-state index contributed by atoms with van der Waals surface area (Å²) >= 11 is 0. The van der Waals surface area contributed by atoms with Gasteiger partial charge in [0.1, 0.15) is 0 Å². The SMILES string of the molecule is CN1CCC=C(c2cccc3cc[nH]c23)C1. The molecule has 16 heavy (non-hydrogen) atoms. The Morgan fingerprint density at radius 3 is 3.06 bits per heavy atom. The molecule has 0 aliphatic carbocycles. The molecule has 2 aromatic rings. The Morgan fingerprint density at radius 1 is 1.25 bits per heavy atom. The number of nitrogens with one attached hydrogen (secondary N) is 1. The molecule has 1 aromatic carbocycles. The van der Waals surface area contributed by atoms with Gasteiger partial charge in [0.25, 0.3) is 0 Å². The van der Waals surface area contributed by atoms with E-state index in [9.17, 15) is 0 Å². The number of fused-ring (bicyclic) bond motifs is 1. The van der Waals surface area contributed by atoms with E-state index in [1.54, 1.807) is 0 Å². The number of benzene rings is 1. The fraction of sp³-hybridized carbons (Fsp3) is 0.286. The molecule has 0 unspecified atom stereocenters. The molecule has 2 heterocycles. The van der Waals surface area contributed by atoms with Gasteiger partial charge in [-0.1, -0.05) is 24.3 Å². The smallest absolute Gasteiger partial charge is 0.0530 e. The molecule has 0 spiro atoms. The molecule has 1 N–H and O–H groups in total. The molecule has 82 valence electrons. The highest BCUT2D eigenvalue weighted by molar-refractivity contribution is 5.91. The van der Waals surface area contributed by atoms with Gasteiger partial charge in [-0.3, -0.25) is 0 Å². The van der Waals surface area contributed by atoms with Crippen molar-refractivity contribution in [3.8, 4) is 0 Å². The Kier molecular flexibility index (Phi) is 2.29. The van der Waals surface area contributed by atoms with Crippen molar-refractivity contribution < 1.29 is 0 Å². The molecule has 3 rings (SSSR count). The van der Waals surface area contributed by atoms with Crippen LogP contribution in [0.4, 0.5) is 0 Å². The third kappa shape index (κ3) is 1.55. The Morgan fingerprint density at radius 2 is 2.19 bits per heavy atom. The molecule has 0 bridgehead atoms. The fourth-order valence-corrected chi connectivity index (χ4v) is 2.44. The summed E-state index contributed by atoms with van der Waals surface area (Å²) in [5.41, 5.74) is 4.07. The van der Waals surface area contributed by atoms with Crippen molar-refractivity contribution in [2.75, 3.05) is 20.1 Å². The predicted octanol–water partition coefficient (Wildman–Crippen LogP) is 2.89. The first kappa shape index (κ1) is 9.67. The van der Waals surface area contributed by atoms with Crippen LogP contribution in [0.5, 0.6) is 0 Å². The van der Waals surface area contributed by atoms with Crippen LogP contribution >= 0.6 is 0 Å². The minimum absolute atomic E-state index is 1.05. The largest absolute Gasteiger partial charge is 0.361 e. The highest BCUT2D eigenvalue weighted by Crippen LogP contribution is 2.26. The van der Waals surface area contributed by atoms with E-state index in [0.29, 0.717) is 0 Å². The van der Waals surface area contributed by atoms with E-state index in [-0.39, 0.29) is 0 Å². The van der Waals surface area contributed by atoms with Gasteiger partial charge in [-0.05, 0) is 30.5 Å². The molecular weight excluding hydrogens is 196 g/mol. The molecule has 0 saturated heterocycles. The number of rotatable bonds is 1. The topological polar surface area (TPSA) is 19.0 Å². The first-order chi connectivity index (χ1) is 7.84. The lowest BCUT2D eigenvalue weighted by molar-refractivity contribution is 0.373. The quantitative estimate of drug-likeness (QED) is 0.770. The molecule has 0 saturated carbocycles. The van der Waals surface area contributed by atoms with Gasteiger partial charge in [-0.2, -0.15) is 0 Å². The summed E-state index contributed by atoms with van der Waals surface area (Å²) in [5.74, 6) is 0. The Balaban J connectivity index is 2.11. The Labute approximate surface area is 95.6 Å². The van der Waals surface area contributed by atoms with Crippen molar-refractivity contribution in [2.24, 2.45) is 0 Å². The zero-order valence-corrected chi connectivity index (χ0v) is 9.53. The van der Waals surface area contributed by atoms with Crippen molar-refractivity contribution in [1.82, 2.24) is 9.88 Å². The Hall–Kier alpha value is -1.54. The average molecular weight is 212 g/mol. The monoisotopic (exact) mass is 212 g/mol. The maximum atomic E-state index is 3.34. The van der Waals surface area contributed by atoms with Gasteiger partial charge in [0.15, 0.2) is 0 Å². The first-order valence-corrected chi connectivity index (χ1v) is 5.78. The molecule has 0 amide bonds. The predicted molar refractivity (Wildman–Crippen MR) is 68.4 cm³/mol. The van der Waals surface area contributed by atoms with Gasteiger partial charge in [0.05, 0.1) is 5.52 Å². The van der Waals surface area contributed by atoms with Gasteiger partial charge < -0.3 is 9.88 Å². The zero-order valence-electron chi connectivity index (χ0n) is 9.53. The van der Waals surface area contributed by atoms with Gasteiger partial charge in [-0.15, -0.1) is 0 Å². The highest BCUT2D eigenvalue weighted by atomic mass is 15.1. The van der Waals surface area contributed by atoms with Crippen LogP contribution in [0, 0.1) is 0 Å². The summed E-state index contributed by atoms with van der Waals surface area (Å²) < 4.78 is 0. The van der Waals surface area contributed by atoms with Gasteiger partial charge >= 0.3 is 0 Å². The second-order valence-corrected chi connectivity index (χ2v) is 4.50. The number of para-hydroxylation sites is 1. The van der Waals surface area contributed by atoms with Gasteiger partial charge in [0, 0.05) is 24.8 Å². The lowest BCUT2D eigenvalue weighted by atomic mass is 9.99. The van der Waals surface area contributed by atoms with Gasteiger partial charge in [-0.25, -0.2) is 0 Å². The molecule has 1 aromatic heterocycles. The number of nitrogens with zero attached hydrogens (tertiary/aromatic N) is 1. The van der Waals surface area contributed by atoms with Crippen molar-refractivity contribution in [1.29, 1.82) is 0 Å². The molecular formula is C14H16N2. The first-order valence-electron chi connectivity index (χ1n) is 5.78. The van der Waals surface area contributed by atoms with E-state index < -0.39 is 0 Å². The average Bonchev–Trinajstić information content (AvgIpc) is 2.76. The van der Waals surface area contributed by atoms with Crippen LogP contribution in [0.3, 0.4) is 0 Å². The number of H-pyrrole nitrogens is 1. The van der Waals surface area contributed by atoms with E-state index in [1.165, 1.54) is 28.6 Å². The van der Waals surface area contributed by atoms with Crippen molar-refractivity contribution in [2.45, 2.75) is 6.42 Å². The standard InChI is InChI=1S/C14H16N2/c1-16-9-3-5-12(10-16)13-6-2-4-11-7-8-15-14(11)13/h2,4-8,15H,3,9-10H2,1H3. The molecule has 1 aliphatic rings. The summed E-state index contributed by atoms with van der Waals surface area (Å²) in [6, 6.07) is 8.64. The minimum atomic E-state index is 1.05. The van der Waals surface area contributed by atoms with Crippen LogP contribution < -0.4 is 0 Å². The van der Waals surface area contributed by atoms with E-state index in [2.05, 4.69) is 47.3 Å². The maximum Gasteiger partial charge on any atom is 0.0530 e. The van der Waals surface area contributed by atoms with Crippen LogP contribution in [-0.2, 0) is 0 Å². The fourth-order valence-electron chi connectivity index (χ4n) is 2.44. The van der Waals surface area contributed by atoms with Crippen LogP contribution in [-0.4, -0.2) is 30.0 Å². The number of hydrogen-bond acceptors (Lipinski definition) is 1. The molecule has 1 aliphatic heterocycles.